The third-order valence-electron chi connectivity index (χ3n) is 6.65. The molecular weight excluding hydrogens is 402 g/mol. The summed E-state index contributed by atoms with van der Waals surface area (Å²) in [5.74, 6) is 0.0474. The quantitative estimate of drug-likeness (QED) is 0.447. The zero-order chi connectivity index (χ0) is 23.2. The SMILES string of the molecule is CC(C)(C)C1=CC2(C(=O)C=C1)C(c1ccccc1)=C(c1ccccc1)c1cc(C#N)ccc12. The number of carbonyl (C=O) groups excluding carboxylic acids is 1. The van der Waals surface area contributed by atoms with Gasteiger partial charge in [-0.25, -0.2) is 0 Å². The number of nitriles is 1. The smallest absolute Gasteiger partial charge is 0.174 e. The van der Waals surface area contributed by atoms with Crippen LogP contribution >= 0.6 is 0 Å². The molecule has 0 saturated heterocycles. The lowest BCUT2D eigenvalue weighted by molar-refractivity contribution is -0.116. The van der Waals surface area contributed by atoms with Crippen molar-refractivity contribution in [1.82, 2.24) is 0 Å². The van der Waals surface area contributed by atoms with Crippen LogP contribution in [0.25, 0.3) is 11.1 Å². The zero-order valence-electron chi connectivity index (χ0n) is 19.1. The summed E-state index contributed by atoms with van der Waals surface area (Å²) in [4.78, 5) is 13.9. The molecule has 0 aliphatic heterocycles. The van der Waals surface area contributed by atoms with Crippen molar-refractivity contribution in [2.45, 2.75) is 26.2 Å². The first-order valence-electron chi connectivity index (χ1n) is 11.2. The highest BCUT2D eigenvalue weighted by atomic mass is 16.1. The Bertz CT molecular complexity index is 1390. The fourth-order valence-electron chi connectivity index (χ4n) is 5.03. The van der Waals surface area contributed by atoms with Crippen LogP contribution in [0.4, 0.5) is 0 Å². The Morgan fingerprint density at radius 2 is 1.45 bits per heavy atom. The van der Waals surface area contributed by atoms with Crippen molar-refractivity contribution in [3.8, 4) is 6.07 Å². The van der Waals surface area contributed by atoms with E-state index in [2.05, 4.69) is 57.2 Å². The second kappa shape index (κ2) is 7.57. The van der Waals surface area contributed by atoms with E-state index in [1.165, 1.54) is 0 Å². The molecule has 0 aromatic heterocycles. The topological polar surface area (TPSA) is 40.9 Å². The van der Waals surface area contributed by atoms with Gasteiger partial charge in [0.05, 0.1) is 11.6 Å². The van der Waals surface area contributed by atoms with Gasteiger partial charge >= 0.3 is 0 Å². The number of benzene rings is 3. The van der Waals surface area contributed by atoms with Crippen LogP contribution < -0.4 is 0 Å². The molecule has 3 aromatic carbocycles. The molecule has 1 unspecified atom stereocenters. The van der Waals surface area contributed by atoms with Crippen LogP contribution in [0.3, 0.4) is 0 Å². The fraction of sp³-hybridized carbons (Fsp3) is 0.161. The predicted molar refractivity (Wildman–Crippen MR) is 133 cm³/mol. The molecule has 2 nitrogen and oxygen atoms in total. The van der Waals surface area contributed by atoms with Gasteiger partial charge in [0.25, 0.3) is 0 Å². The minimum atomic E-state index is -0.937. The molecule has 0 heterocycles. The number of rotatable bonds is 2. The Morgan fingerprint density at radius 1 is 0.818 bits per heavy atom. The van der Waals surface area contributed by atoms with Crippen LogP contribution in [0.2, 0.25) is 0 Å². The average molecular weight is 428 g/mol. The van der Waals surface area contributed by atoms with Crippen LogP contribution in [0.5, 0.6) is 0 Å². The molecule has 0 amide bonds. The summed E-state index contributed by atoms with van der Waals surface area (Å²) in [6, 6.07) is 28.4. The summed E-state index contributed by atoms with van der Waals surface area (Å²) in [6.07, 6.45) is 5.86. The Morgan fingerprint density at radius 3 is 2.06 bits per heavy atom. The molecular formula is C31H25NO. The summed E-state index contributed by atoms with van der Waals surface area (Å²) in [5.41, 5.74) is 6.60. The van der Waals surface area contributed by atoms with E-state index in [0.717, 1.165) is 39.0 Å². The van der Waals surface area contributed by atoms with E-state index >= 15 is 0 Å². The Kier molecular flexibility index (Phi) is 4.80. The Labute approximate surface area is 195 Å². The summed E-state index contributed by atoms with van der Waals surface area (Å²) >= 11 is 0. The molecule has 2 aliphatic carbocycles. The molecule has 0 fully saturated rings. The molecule has 0 bridgehead atoms. The van der Waals surface area contributed by atoms with Gasteiger partial charge in [0.15, 0.2) is 5.78 Å². The third kappa shape index (κ3) is 3.20. The van der Waals surface area contributed by atoms with E-state index in [1.807, 2.05) is 60.7 Å². The van der Waals surface area contributed by atoms with Crippen molar-refractivity contribution >= 4 is 16.9 Å². The van der Waals surface area contributed by atoms with Crippen molar-refractivity contribution < 1.29 is 4.79 Å². The van der Waals surface area contributed by atoms with Gasteiger partial charge in [-0.15, -0.1) is 0 Å². The van der Waals surface area contributed by atoms with E-state index < -0.39 is 5.41 Å². The van der Waals surface area contributed by atoms with Gasteiger partial charge in [0.1, 0.15) is 5.41 Å². The number of allylic oxidation sites excluding steroid dienone is 5. The molecule has 0 N–H and O–H groups in total. The molecule has 3 aromatic rings. The standard InChI is InChI=1S/C31H25NO/c1-30(2,3)24-15-17-27(33)31(19-24)26-16-14-21(20-32)18-25(26)28(22-10-6-4-7-11-22)29(31)23-12-8-5-9-13-23/h4-19H,1-3H3. The largest absolute Gasteiger partial charge is 0.293 e. The van der Waals surface area contributed by atoms with Crippen LogP contribution in [0.15, 0.2) is 103 Å². The van der Waals surface area contributed by atoms with Gasteiger partial charge in [-0.05, 0) is 62.6 Å². The Balaban J connectivity index is 1.97. The van der Waals surface area contributed by atoms with E-state index in [4.69, 9.17) is 0 Å². The lowest BCUT2D eigenvalue weighted by atomic mass is 9.66. The lowest BCUT2D eigenvalue weighted by Crippen LogP contribution is -2.36. The fourth-order valence-corrected chi connectivity index (χ4v) is 5.03. The van der Waals surface area contributed by atoms with Crippen molar-refractivity contribution in [1.29, 1.82) is 5.26 Å². The minimum absolute atomic E-state index is 0.0474. The van der Waals surface area contributed by atoms with Crippen molar-refractivity contribution in [3.63, 3.8) is 0 Å². The normalized spacial score (nSPS) is 19.5. The van der Waals surface area contributed by atoms with Crippen molar-refractivity contribution in [2.24, 2.45) is 5.41 Å². The maximum atomic E-state index is 13.9. The van der Waals surface area contributed by atoms with E-state index in [-0.39, 0.29) is 11.2 Å². The summed E-state index contributed by atoms with van der Waals surface area (Å²) in [6.45, 7) is 6.52. The number of hydrogen-bond acceptors (Lipinski definition) is 2. The second-order valence-electron chi connectivity index (χ2n) is 9.71. The monoisotopic (exact) mass is 427 g/mol. The van der Waals surface area contributed by atoms with Gasteiger partial charge in [-0.1, -0.05) is 99.7 Å². The van der Waals surface area contributed by atoms with E-state index in [0.29, 0.717) is 5.56 Å². The van der Waals surface area contributed by atoms with E-state index in [1.54, 1.807) is 6.08 Å². The summed E-state index contributed by atoms with van der Waals surface area (Å²) in [7, 11) is 0. The van der Waals surface area contributed by atoms with Crippen LogP contribution in [0.1, 0.15) is 48.6 Å². The summed E-state index contributed by atoms with van der Waals surface area (Å²) < 4.78 is 0. The first-order chi connectivity index (χ1) is 15.9. The van der Waals surface area contributed by atoms with Gasteiger partial charge in [0, 0.05) is 0 Å². The number of ketones is 1. The molecule has 160 valence electrons. The van der Waals surface area contributed by atoms with Crippen molar-refractivity contribution in [3.05, 3.63) is 130 Å². The predicted octanol–water partition coefficient (Wildman–Crippen LogP) is 6.88. The first-order valence-corrected chi connectivity index (χ1v) is 11.2. The molecule has 0 saturated carbocycles. The highest BCUT2D eigenvalue weighted by Crippen LogP contribution is 2.57. The zero-order valence-corrected chi connectivity index (χ0v) is 19.1. The van der Waals surface area contributed by atoms with Crippen molar-refractivity contribution in [2.75, 3.05) is 0 Å². The average Bonchev–Trinajstić information content (AvgIpc) is 3.11. The van der Waals surface area contributed by atoms with Crippen LogP contribution in [-0.2, 0) is 10.2 Å². The maximum absolute atomic E-state index is 13.9. The molecule has 0 radical (unpaired) electrons. The maximum Gasteiger partial charge on any atom is 0.174 e. The van der Waals surface area contributed by atoms with E-state index in [9.17, 15) is 10.1 Å². The van der Waals surface area contributed by atoms with Gasteiger partial charge in [-0.2, -0.15) is 5.26 Å². The molecule has 33 heavy (non-hydrogen) atoms. The van der Waals surface area contributed by atoms with Gasteiger partial charge < -0.3 is 0 Å². The summed E-state index contributed by atoms with van der Waals surface area (Å²) in [5, 5.41) is 9.66. The van der Waals surface area contributed by atoms with Crippen LogP contribution in [-0.4, -0.2) is 5.78 Å². The number of carbonyl (C=O) groups is 1. The first kappa shape index (κ1) is 20.9. The second-order valence-corrected chi connectivity index (χ2v) is 9.71. The molecule has 1 atom stereocenters. The highest BCUT2D eigenvalue weighted by molar-refractivity contribution is 6.22. The van der Waals surface area contributed by atoms with Crippen LogP contribution in [0, 0.1) is 16.7 Å². The number of nitrogens with zero attached hydrogens (tertiary/aromatic N) is 1. The Hall–Kier alpha value is -3.96. The minimum Gasteiger partial charge on any atom is -0.293 e. The number of fused-ring (bicyclic) bond motifs is 2. The highest BCUT2D eigenvalue weighted by Gasteiger charge is 2.50. The molecule has 2 heteroatoms. The van der Waals surface area contributed by atoms with Gasteiger partial charge in [-0.3, -0.25) is 4.79 Å². The molecule has 5 rings (SSSR count). The molecule has 1 spiro atoms. The number of hydrogen-bond donors (Lipinski definition) is 0. The van der Waals surface area contributed by atoms with Gasteiger partial charge in [0.2, 0.25) is 0 Å². The lowest BCUT2D eigenvalue weighted by Gasteiger charge is -2.35. The molecule has 2 aliphatic rings. The third-order valence-corrected chi connectivity index (χ3v) is 6.65.